The summed E-state index contributed by atoms with van der Waals surface area (Å²) in [4.78, 5) is 9.06. The molecular formula is C20H32IN5O. The van der Waals surface area contributed by atoms with Gasteiger partial charge in [-0.15, -0.1) is 24.0 Å². The molecule has 1 heterocycles. The molecule has 1 aromatic carbocycles. The predicted octanol–water partition coefficient (Wildman–Crippen LogP) is 3.60. The van der Waals surface area contributed by atoms with Crippen molar-refractivity contribution in [3.8, 4) is 5.75 Å². The topological polar surface area (TPSA) is 63.5 Å². The van der Waals surface area contributed by atoms with Crippen LogP contribution in [0.5, 0.6) is 5.75 Å². The quantitative estimate of drug-likeness (QED) is 0.247. The zero-order chi connectivity index (χ0) is 18.8. The lowest BCUT2D eigenvalue weighted by Crippen LogP contribution is -2.39. The molecule has 0 fully saturated rings. The summed E-state index contributed by atoms with van der Waals surface area (Å²) in [5, 5.41) is 6.56. The van der Waals surface area contributed by atoms with Crippen molar-refractivity contribution in [1.29, 1.82) is 0 Å². The Morgan fingerprint density at radius 3 is 2.63 bits per heavy atom. The van der Waals surface area contributed by atoms with Crippen LogP contribution in [0.1, 0.15) is 32.2 Å². The predicted molar refractivity (Wildman–Crippen MR) is 122 cm³/mol. The second kappa shape index (κ2) is 12.6. The molecule has 0 atom stereocenters. The van der Waals surface area contributed by atoms with E-state index in [0.29, 0.717) is 25.6 Å². The Morgan fingerprint density at radius 1 is 1.22 bits per heavy atom. The van der Waals surface area contributed by atoms with Crippen LogP contribution in [0.4, 0.5) is 0 Å². The van der Waals surface area contributed by atoms with Gasteiger partial charge in [-0.2, -0.15) is 0 Å². The van der Waals surface area contributed by atoms with Crippen LogP contribution < -0.4 is 15.4 Å². The number of guanidine groups is 1. The highest BCUT2D eigenvalue weighted by molar-refractivity contribution is 14.0. The van der Waals surface area contributed by atoms with Gasteiger partial charge in [-0.1, -0.05) is 31.5 Å². The summed E-state index contributed by atoms with van der Waals surface area (Å²) < 4.78 is 7.91. The molecule has 0 unspecified atom stereocenters. The molecule has 0 amide bonds. The minimum absolute atomic E-state index is 0. The highest BCUT2D eigenvalue weighted by Gasteiger charge is 2.05. The van der Waals surface area contributed by atoms with Crippen molar-refractivity contribution < 1.29 is 4.74 Å². The van der Waals surface area contributed by atoms with E-state index in [-0.39, 0.29) is 24.0 Å². The van der Waals surface area contributed by atoms with E-state index in [1.807, 2.05) is 36.7 Å². The molecule has 2 rings (SSSR count). The largest absolute Gasteiger partial charge is 0.492 e. The van der Waals surface area contributed by atoms with Crippen LogP contribution in [0.2, 0.25) is 0 Å². The van der Waals surface area contributed by atoms with Crippen LogP contribution in [-0.2, 0) is 13.1 Å². The number of nitrogens with one attached hydrogen (secondary N) is 2. The van der Waals surface area contributed by atoms with E-state index in [1.165, 1.54) is 5.56 Å². The van der Waals surface area contributed by atoms with Gasteiger partial charge >= 0.3 is 0 Å². The fourth-order valence-electron chi connectivity index (χ4n) is 2.52. The first-order valence-electron chi connectivity index (χ1n) is 9.30. The maximum atomic E-state index is 5.74. The molecule has 0 aliphatic rings. The minimum atomic E-state index is 0. The van der Waals surface area contributed by atoms with Crippen LogP contribution in [0.25, 0.3) is 0 Å². The third-order valence-electron chi connectivity index (χ3n) is 3.77. The van der Waals surface area contributed by atoms with Crippen LogP contribution in [0.3, 0.4) is 0 Å². The van der Waals surface area contributed by atoms with Crippen LogP contribution in [0.15, 0.2) is 41.7 Å². The average molecular weight is 485 g/mol. The van der Waals surface area contributed by atoms with Crippen LogP contribution >= 0.6 is 24.0 Å². The van der Waals surface area contributed by atoms with Gasteiger partial charge in [0.1, 0.15) is 24.7 Å². The summed E-state index contributed by atoms with van der Waals surface area (Å²) in [5.41, 5.74) is 1.23. The maximum absolute atomic E-state index is 5.74. The molecule has 0 radical (unpaired) electrons. The van der Waals surface area contributed by atoms with Gasteiger partial charge in [-0.05, 0) is 31.9 Å². The molecule has 0 aliphatic carbocycles. The highest BCUT2D eigenvalue weighted by Crippen LogP contribution is 2.10. The molecule has 0 bridgehead atoms. The molecule has 2 N–H and O–H groups in total. The molecule has 6 nitrogen and oxygen atoms in total. The second-order valence-electron chi connectivity index (χ2n) is 6.67. The van der Waals surface area contributed by atoms with Gasteiger partial charge in [0.2, 0.25) is 0 Å². The number of aromatic nitrogens is 2. The lowest BCUT2D eigenvalue weighted by molar-refractivity contribution is 0.322. The lowest BCUT2D eigenvalue weighted by Gasteiger charge is -2.13. The molecule has 150 valence electrons. The van der Waals surface area contributed by atoms with Crippen molar-refractivity contribution in [3.63, 3.8) is 0 Å². The Bertz CT molecular complexity index is 682. The van der Waals surface area contributed by atoms with Crippen molar-refractivity contribution in [2.24, 2.45) is 10.9 Å². The Hall–Kier alpha value is -1.77. The van der Waals surface area contributed by atoms with E-state index < -0.39 is 0 Å². The Morgan fingerprint density at radius 2 is 1.96 bits per heavy atom. The van der Waals surface area contributed by atoms with Crippen molar-refractivity contribution in [2.75, 3.05) is 19.7 Å². The van der Waals surface area contributed by atoms with Crippen LogP contribution in [-0.4, -0.2) is 35.2 Å². The van der Waals surface area contributed by atoms with Gasteiger partial charge in [0.25, 0.3) is 0 Å². The number of benzene rings is 1. The number of imidazole rings is 1. The number of hydrogen-bond acceptors (Lipinski definition) is 3. The Kier molecular flexibility index (Phi) is 10.8. The van der Waals surface area contributed by atoms with Gasteiger partial charge in [-0.25, -0.2) is 9.98 Å². The molecule has 2 aromatic rings. The van der Waals surface area contributed by atoms with E-state index in [2.05, 4.69) is 52.9 Å². The van der Waals surface area contributed by atoms with Gasteiger partial charge in [-0.3, -0.25) is 0 Å². The number of aryl methyl sites for hydroxylation is 1. The van der Waals surface area contributed by atoms with E-state index in [1.54, 1.807) is 0 Å². The molecule has 0 spiro atoms. The highest BCUT2D eigenvalue weighted by atomic mass is 127. The number of aliphatic imine (C=N–C) groups is 1. The van der Waals surface area contributed by atoms with Gasteiger partial charge in [0.05, 0.1) is 6.54 Å². The molecule has 0 aliphatic heterocycles. The van der Waals surface area contributed by atoms with Crippen molar-refractivity contribution in [2.45, 2.75) is 40.8 Å². The summed E-state index contributed by atoms with van der Waals surface area (Å²) in [6.45, 7) is 12.1. The summed E-state index contributed by atoms with van der Waals surface area (Å²) in [6.07, 6.45) is 3.85. The maximum Gasteiger partial charge on any atom is 0.191 e. The summed E-state index contributed by atoms with van der Waals surface area (Å²) in [7, 11) is 0. The fourth-order valence-corrected chi connectivity index (χ4v) is 2.52. The zero-order valence-electron chi connectivity index (χ0n) is 16.7. The van der Waals surface area contributed by atoms with Crippen molar-refractivity contribution in [1.82, 2.24) is 20.2 Å². The smallest absolute Gasteiger partial charge is 0.191 e. The minimum Gasteiger partial charge on any atom is -0.492 e. The molecule has 0 saturated heterocycles. The lowest BCUT2D eigenvalue weighted by atomic mass is 10.2. The Balaban J connectivity index is 0.00000364. The third kappa shape index (κ3) is 8.64. The summed E-state index contributed by atoms with van der Waals surface area (Å²) >= 11 is 0. The number of nitrogens with zero attached hydrogens (tertiary/aromatic N) is 3. The van der Waals surface area contributed by atoms with Gasteiger partial charge in [0, 0.05) is 25.5 Å². The number of rotatable bonds is 9. The first kappa shape index (κ1) is 23.3. The SMILES string of the molecule is CCNC(=NCc1nccn1CC(C)C)NCCOc1ccc(C)cc1.I. The van der Waals surface area contributed by atoms with Gasteiger partial charge < -0.3 is 19.9 Å². The van der Waals surface area contributed by atoms with Crippen LogP contribution in [0, 0.1) is 12.8 Å². The number of hydrogen-bond donors (Lipinski definition) is 2. The molecular weight excluding hydrogens is 453 g/mol. The van der Waals surface area contributed by atoms with E-state index >= 15 is 0 Å². The Labute approximate surface area is 179 Å². The molecule has 27 heavy (non-hydrogen) atoms. The standard InChI is InChI=1S/C20H31N5O.HI/c1-5-21-20(23-11-13-26-18-8-6-17(4)7-9-18)24-14-19-22-10-12-25(19)15-16(2)3;/h6-10,12,16H,5,11,13-15H2,1-4H3,(H2,21,23,24);1H. The summed E-state index contributed by atoms with van der Waals surface area (Å²) in [5.74, 6) is 3.22. The van der Waals surface area contributed by atoms with E-state index in [0.717, 1.165) is 30.6 Å². The molecule has 7 heteroatoms. The molecule has 1 aromatic heterocycles. The monoisotopic (exact) mass is 485 g/mol. The van der Waals surface area contributed by atoms with E-state index in [4.69, 9.17) is 4.74 Å². The number of ether oxygens (including phenoxy) is 1. The fraction of sp³-hybridized carbons (Fsp3) is 0.500. The zero-order valence-corrected chi connectivity index (χ0v) is 19.1. The summed E-state index contributed by atoms with van der Waals surface area (Å²) in [6, 6.07) is 8.08. The molecule has 0 saturated carbocycles. The van der Waals surface area contributed by atoms with Crippen molar-refractivity contribution in [3.05, 3.63) is 48.0 Å². The van der Waals surface area contributed by atoms with E-state index in [9.17, 15) is 0 Å². The average Bonchev–Trinajstić information content (AvgIpc) is 3.04. The number of halogens is 1. The van der Waals surface area contributed by atoms with Gasteiger partial charge in [0.15, 0.2) is 5.96 Å². The first-order valence-corrected chi connectivity index (χ1v) is 9.30. The normalized spacial score (nSPS) is 11.2. The van der Waals surface area contributed by atoms with Crippen molar-refractivity contribution >= 4 is 29.9 Å². The first-order chi connectivity index (χ1) is 12.6. The second-order valence-corrected chi connectivity index (χ2v) is 6.67. The third-order valence-corrected chi connectivity index (χ3v) is 3.77.